The average Bonchev–Trinajstić information content (AvgIpc) is 3.52. The van der Waals surface area contributed by atoms with E-state index in [1.165, 1.54) is 12.1 Å². The molecule has 0 bridgehead atoms. The fourth-order valence-corrected chi connectivity index (χ4v) is 4.98. The number of phenolic OH excluding ortho intramolecular Hbond substituents is 1. The predicted molar refractivity (Wildman–Crippen MR) is 142 cm³/mol. The van der Waals surface area contributed by atoms with Crippen molar-refractivity contribution in [1.82, 2.24) is 5.01 Å². The molecule has 0 saturated heterocycles. The Kier molecular flexibility index (Phi) is 5.64. The number of hydrogen-bond donors (Lipinski definition) is 1. The zero-order chi connectivity index (χ0) is 25.7. The van der Waals surface area contributed by atoms with Gasteiger partial charge in [-0.3, -0.25) is 4.79 Å². The van der Waals surface area contributed by atoms with Gasteiger partial charge in [-0.2, -0.15) is 5.10 Å². The van der Waals surface area contributed by atoms with E-state index in [0.29, 0.717) is 50.5 Å². The summed E-state index contributed by atoms with van der Waals surface area (Å²) >= 11 is 3.42. The molecule has 8 nitrogen and oxygen atoms in total. The number of methoxy groups -OCH3 is 2. The van der Waals surface area contributed by atoms with Crippen LogP contribution >= 0.6 is 15.9 Å². The first-order chi connectivity index (χ1) is 18.0. The van der Waals surface area contributed by atoms with E-state index in [0.717, 1.165) is 15.6 Å². The van der Waals surface area contributed by atoms with Gasteiger partial charge in [0.1, 0.15) is 5.75 Å². The van der Waals surface area contributed by atoms with Crippen LogP contribution in [0, 0.1) is 0 Å². The van der Waals surface area contributed by atoms with Gasteiger partial charge >= 0.3 is 0 Å². The van der Waals surface area contributed by atoms with Gasteiger partial charge < -0.3 is 24.1 Å². The summed E-state index contributed by atoms with van der Waals surface area (Å²) in [5, 5.41) is 18.3. The second-order valence-corrected chi connectivity index (χ2v) is 9.47. The number of nitrogens with zero attached hydrogens (tertiary/aromatic N) is 2. The maximum absolute atomic E-state index is 13.8. The van der Waals surface area contributed by atoms with Crippen LogP contribution in [0.25, 0.3) is 21.9 Å². The second kappa shape index (κ2) is 9.01. The van der Waals surface area contributed by atoms with Crippen LogP contribution in [0.5, 0.6) is 28.7 Å². The molecular weight excluding hydrogens is 540 g/mol. The molecule has 4 aromatic carbocycles. The highest BCUT2D eigenvalue weighted by atomic mass is 79.9. The number of hydrogen-bond acceptors (Lipinski definition) is 7. The monoisotopic (exact) mass is 560 g/mol. The number of fused-ring (bicyclic) bond motifs is 3. The normalized spacial score (nSPS) is 14.0. The largest absolute Gasteiger partial charge is 0.507 e. The Hall–Kier alpha value is -4.24. The maximum Gasteiger partial charge on any atom is 0.275 e. The summed E-state index contributed by atoms with van der Waals surface area (Å²) in [5.74, 6) is 1.86. The molecule has 0 aromatic heterocycles. The first-order valence-electron chi connectivity index (χ1n) is 11.4. The number of hydrazone groups is 1. The predicted octanol–water partition coefficient (Wildman–Crippen LogP) is 5.71. The first kappa shape index (κ1) is 23.2. The summed E-state index contributed by atoms with van der Waals surface area (Å²) in [6.45, 7) is 0.255. The van der Waals surface area contributed by atoms with Crippen LogP contribution in [-0.4, -0.2) is 43.2 Å². The van der Waals surface area contributed by atoms with Crippen molar-refractivity contribution in [3.8, 4) is 39.9 Å². The summed E-state index contributed by atoms with van der Waals surface area (Å²) in [6, 6.07) is 16.6. The van der Waals surface area contributed by atoms with E-state index in [1.807, 2.05) is 42.5 Å². The molecular formula is C28H21BrN2O6. The van der Waals surface area contributed by atoms with E-state index in [9.17, 15) is 9.90 Å². The lowest BCUT2D eigenvalue weighted by Crippen LogP contribution is -2.18. The minimum Gasteiger partial charge on any atom is -0.507 e. The van der Waals surface area contributed by atoms with Crippen LogP contribution < -0.4 is 18.9 Å². The standard InChI is InChI=1S/C28H21BrN2O6/c1-34-22-10-18-19(11-23(22)35-2)27(32)20-13-31(30-12-15-3-6-17(29)7-4-15)28(33)26(20)25(18)16-5-8-21-24(9-16)37-14-36-21/h3-12,32H,13-14H2,1-2H3/b30-12+. The van der Waals surface area contributed by atoms with Gasteiger partial charge in [-0.05, 0) is 52.9 Å². The van der Waals surface area contributed by atoms with Crippen LogP contribution in [0.3, 0.4) is 0 Å². The number of halogens is 1. The Labute approximate surface area is 220 Å². The Balaban J connectivity index is 1.56. The van der Waals surface area contributed by atoms with Gasteiger partial charge in [0, 0.05) is 21.0 Å². The minimum atomic E-state index is -0.317. The van der Waals surface area contributed by atoms with E-state index in [-0.39, 0.29) is 25.0 Å². The van der Waals surface area contributed by atoms with E-state index >= 15 is 0 Å². The molecule has 2 aliphatic rings. The van der Waals surface area contributed by atoms with Crippen LogP contribution in [0.1, 0.15) is 21.5 Å². The summed E-state index contributed by atoms with van der Waals surface area (Å²) in [6.07, 6.45) is 1.62. The fourth-order valence-electron chi connectivity index (χ4n) is 4.72. The molecule has 0 fully saturated rings. The minimum absolute atomic E-state index is 0.00476. The SMILES string of the molecule is COc1cc2c(O)c3c(c(-c4ccc5c(c4)OCO5)c2cc1OC)C(=O)N(/N=C/c1ccc(Br)cc1)C3. The number of ether oxygens (including phenoxy) is 4. The van der Waals surface area contributed by atoms with Crippen molar-refractivity contribution in [2.45, 2.75) is 6.54 Å². The summed E-state index contributed by atoms with van der Waals surface area (Å²) < 4.78 is 23.1. The molecule has 0 unspecified atom stereocenters. The summed E-state index contributed by atoms with van der Waals surface area (Å²) in [4.78, 5) is 13.8. The lowest BCUT2D eigenvalue weighted by atomic mass is 9.89. The summed E-state index contributed by atoms with van der Waals surface area (Å²) in [7, 11) is 3.08. The van der Waals surface area contributed by atoms with Crippen LogP contribution in [0.2, 0.25) is 0 Å². The molecule has 37 heavy (non-hydrogen) atoms. The number of carbonyl (C=O) groups excluding carboxylic acids is 1. The lowest BCUT2D eigenvalue weighted by Gasteiger charge is -2.17. The zero-order valence-electron chi connectivity index (χ0n) is 19.9. The van der Waals surface area contributed by atoms with Crippen molar-refractivity contribution >= 4 is 38.8 Å². The highest BCUT2D eigenvalue weighted by Crippen LogP contribution is 2.49. The smallest absolute Gasteiger partial charge is 0.275 e. The third-order valence-electron chi connectivity index (χ3n) is 6.52. The van der Waals surface area contributed by atoms with Gasteiger partial charge in [0.15, 0.2) is 23.0 Å². The number of rotatable bonds is 5. The Bertz CT molecular complexity index is 1600. The number of carbonyl (C=O) groups is 1. The van der Waals surface area contributed by atoms with Crippen molar-refractivity contribution < 1.29 is 28.8 Å². The fraction of sp³-hybridized carbons (Fsp3) is 0.143. The maximum atomic E-state index is 13.8. The summed E-state index contributed by atoms with van der Waals surface area (Å²) in [5.41, 5.74) is 3.10. The lowest BCUT2D eigenvalue weighted by molar-refractivity contribution is 0.0785. The highest BCUT2D eigenvalue weighted by Gasteiger charge is 2.36. The van der Waals surface area contributed by atoms with Gasteiger partial charge in [0.05, 0.1) is 32.5 Å². The van der Waals surface area contributed by atoms with E-state index in [1.54, 1.807) is 25.5 Å². The first-order valence-corrected chi connectivity index (χ1v) is 12.2. The Morgan fingerprint density at radius 3 is 2.38 bits per heavy atom. The zero-order valence-corrected chi connectivity index (χ0v) is 21.5. The quantitative estimate of drug-likeness (QED) is 0.314. The molecule has 0 saturated carbocycles. The number of aromatic hydroxyl groups is 1. The molecule has 2 heterocycles. The van der Waals surface area contributed by atoms with Crippen molar-refractivity contribution in [1.29, 1.82) is 0 Å². The van der Waals surface area contributed by atoms with Gasteiger partial charge in [-0.15, -0.1) is 0 Å². The van der Waals surface area contributed by atoms with Crippen LogP contribution in [-0.2, 0) is 6.54 Å². The third-order valence-corrected chi connectivity index (χ3v) is 7.05. The third kappa shape index (κ3) is 3.82. The van der Waals surface area contributed by atoms with Crippen molar-refractivity contribution in [2.24, 2.45) is 5.10 Å². The number of phenols is 1. The molecule has 2 aliphatic heterocycles. The molecule has 0 spiro atoms. The molecule has 0 aliphatic carbocycles. The molecule has 0 radical (unpaired) electrons. The van der Waals surface area contributed by atoms with Gasteiger partial charge in [0.25, 0.3) is 5.91 Å². The van der Waals surface area contributed by atoms with Crippen LogP contribution in [0.4, 0.5) is 0 Å². The Morgan fingerprint density at radius 1 is 0.946 bits per heavy atom. The molecule has 1 amide bonds. The van der Waals surface area contributed by atoms with Crippen molar-refractivity contribution in [3.05, 3.63) is 75.8 Å². The topological polar surface area (TPSA) is 89.8 Å². The van der Waals surface area contributed by atoms with Crippen molar-refractivity contribution in [3.63, 3.8) is 0 Å². The molecule has 4 aromatic rings. The molecule has 0 atom stereocenters. The molecule has 1 N–H and O–H groups in total. The molecule has 9 heteroatoms. The van der Waals surface area contributed by atoms with E-state index in [2.05, 4.69) is 21.0 Å². The number of benzene rings is 4. The second-order valence-electron chi connectivity index (χ2n) is 8.56. The van der Waals surface area contributed by atoms with Crippen molar-refractivity contribution in [2.75, 3.05) is 21.0 Å². The molecule has 186 valence electrons. The van der Waals surface area contributed by atoms with Crippen LogP contribution in [0.15, 0.2) is 64.2 Å². The molecule has 6 rings (SSSR count). The number of amides is 1. The average molecular weight is 561 g/mol. The van der Waals surface area contributed by atoms with Gasteiger partial charge in [-0.1, -0.05) is 34.1 Å². The van der Waals surface area contributed by atoms with E-state index in [4.69, 9.17) is 18.9 Å². The Morgan fingerprint density at radius 2 is 1.65 bits per heavy atom. The highest BCUT2D eigenvalue weighted by molar-refractivity contribution is 9.10. The van der Waals surface area contributed by atoms with Gasteiger partial charge in [0.2, 0.25) is 6.79 Å². The van der Waals surface area contributed by atoms with Gasteiger partial charge in [-0.25, -0.2) is 5.01 Å². The van der Waals surface area contributed by atoms with E-state index < -0.39 is 0 Å².